The fourth-order valence-electron chi connectivity index (χ4n) is 2.42. The number of thioether (sulfide) groups is 1. The van der Waals surface area contributed by atoms with E-state index in [1.807, 2.05) is 19.1 Å². The van der Waals surface area contributed by atoms with Gasteiger partial charge >= 0.3 is 12.1 Å². The number of carboxylic acids is 1. The molecular weight excluding hydrogens is 396 g/mol. The summed E-state index contributed by atoms with van der Waals surface area (Å²) in [4.78, 5) is 27.6. The zero-order valence-electron chi connectivity index (χ0n) is 15.7. The molecule has 8 heteroatoms. The number of hydrogen-bond donors (Lipinski definition) is 1. The molecule has 1 N–H and O–H groups in total. The number of carbonyl (C=O) groups is 2. The van der Waals surface area contributed by atoms with Crippen LogP contribution in [0.5, 0.6) is 0 Å². The Kier molecular flexibility index (Phi) is 9.03. The third-order valence-electron chi connectivity index (χ3n) is 3.95. The number of carbonyl (C=O) groups excluding carboxylic acids is 1. The van der Waals surface area contributed by atoms with E-state index in [4.69, 9.17) is 9.84 Å². The summed E-state index contributed by atoms with van der Waals surface area (Å²) in [6.07, 6.45) is 3.86. The molecule has 2 heterocycles. The van der Waals surface area contributed by atoms with Crippen LogP contribution in [-0.2, 0) is 11.2 Å². The number of amides is 1. The van der Waals surface area contributed by atoms with Crippen LogP contribution >= 0.6 is 23.1 Å². The molecule has 1 aromatic heterocycles. The average Bonchev–Trinajstić information content (AvgIpc) is 3.30. The van der Waals surface area contributed by atoms with Crippen LogP contribution < -0.4 is 0 Å². The second kappa shape index (κ2) is 11.5. The van der Waals surface area contributed by atoms with Gasteiger partial charge in [-0.1, -0.05) is 48.2 Å². The maximum absolute atomic E-state index is 11.3. The van der Waals surface area contributed by atoms with Gasteiger partial charge in [-0.3, -0.25) is 0 Å². The van der Waals surface area contributed by atoms with E-state index in [0.29, 0.717) is 23.2 Å². The van der Waals surface area contributed by atoms with Gasteiger partial charge < -0.3 is 14.7 Å². The minimum absolute atomic E-state index is 0.0662. The summed E-state index contributed by atoms with van der Waals surface area (Å²) in [6.45, 7) is 6.62. The third-order valence-corrected chi connectivity index (χ3v) is 5.96. The molecule has 150 valence electrons. The highest BCUT2D eigenvalue weighted by Crippen LogP contribution is 2.23. The van der Waals surface area contributed by atoms with E-state index in [1.54, 1.807) is 4.90 Å². The average molecular weight is 421 g/mol. The van der Waals surface area contributed by atoms with Crippen LogP contribution in [0.15, 0.2) is 52.7 Å². The molecule has 1 fully saturated rings. The van der Waals surface area contributed by atoms with Crippen molar-refractivity contribution in [3.05, 3.63) is 59.6 Å². The summed E-state index contributed by atoms with van der Waals surface area (Å²) in [6, 6.07) is 10.6. The fraction of sp³-hybridized carbons (Fsp3) is 0.350. The second-order valence-electron chi connectivity index (χ2n) is 6.08. The predicted octanol–water partition coefficient (Wildman–Crippen LogP) is 4.58. The molecule has 0 saturated carbocycles. The van der Waals surface area contributed by atoms with E-state index >= 15 is 0 Å². The highest BCUT2D eigenvalue weighted by molar-refractivity contribution is 8.01. The van der Waals surface area contributed by atoms with Crippen LogP contribution in [0.3, 0.4) is 0 Å². The molecule has 1 unspecified atom stereocenters. The molecule has 1 saturated heterocycles. The van der Waals surface area contributed by atoms with Crippen molar-refractivity contribution < 1.29 is 19.4 Å². The Morgan fingerprint density at radius 2 is 2.21 bits per heavy atom. The number of carboxylic acid groups (broad SMARTS) is 1. The van der Waals surface area contributed by atoms with Crippen molar-refractivity contribution in [3.63, 3.8) is 0 Å². The van der Waals surface area contributed by atoms with Crippen LogP contribution in [0.4, 0.5) is 4.79 Å². The number of aromatic carboxylic acids is 1. The molecular formula is C20H24N2O4S2. The minimum Gasteiger partial charge on any atom is -0.476 e. The van der Waals surface area contributed by atoms with E-state index in [9.17, 15) is 9.59 Å². The lowest BCUT2D eigenvalue weighted by molar-refractivity contribution is 0.0690. The molecule has 0 aliphatic carbocycles. The van der Waals surface area contributed by atoms with Gasteiger partial charge in [0.15, 0.2) is 10.0 Å². The van der Waals surface area contributed by atoms with Crippen LogP contribution in [-0.4, -0.2) is 52.0 Å². The van der Waals surface area contributed by atoms with Crippen molar-refractivity contribution in [2.75, 3.05) is 18.9 Å². The van der Waals surface area contributed by atoms with Gasteiger partial charge in [0.2, 0.25) is 0 Å². The molecule has 0 spiro atoms. The number of thiazole rings is 1. The van der Waals surface area contributed by atoms with E-state index in [1.165, 1.54) is 34.0 Å². The zero-order chi connectivity index (χ0) is 20.4. The Morgan fingerprint density at radius 3 is 2.79 bits per heavy atom. The lowest BCUT2D eigenvalue weighted by Crippen LogP contribution is -2.33. The highest BCUT2D eigenvalue weighted by Gasteiger charge is 2.28. The monoisotopic (exact) mass is 420 g/mol. The van der Waals surface area contributed by atoms with Crippen LogP contribution in [0.25, 0.3) is 0 Å². The Labute approximate surface area is 173 Å². The number of aromatic nitrogens is 1. The van der Waals surface area contributed by atoms with E-state index in [2.05, 4.69) is 35.8 Å². The number of benzene rings is 1. The van der Waals surface area contributed by atoms with Gasteiger partial charge in [0.1, 0.15) is 6.61 Å². The number of ether oxygens (including phenoxy) is 1. The molecule has 0 bridgehead atoms. The van der Waals surface area contributed by atoms with Crippen LogP contribution in [0, 0.1) is 0 Å². The summed E-state index contributed by atoms with van der Waals surface area (Å²) in [7, 11) is 0. The molecule has 0 radical (unpaired) electrons. The van der Waals surface area contributed by atoms with Gasteiger partial charge in [-0.15, -0.1) is 17.9 Å². The molecule has 2 aromatic rings. The normalized spacial score (nSPS) is 15.5. The summed E-state index contributed by atoms with van der Waals surface area (Å²) >= 11 is 2.74. The standard InChI is InChI=1S/C10H12N2O4S2.C10H12/c1-6-4-16-10(15)12(6)2-3-17-9-11-7(5-18-9)8(13)14;1-2-3-7-10-8-5-4-6-9-10/h5-6H,2-4H2,1H3,(H,13,14);2,4-6,8-9H,1,3,7H2. The highest BCUT2D eigenvalue weighted by atomic mass is 32.2. The first-order chi connectivity index (χ1) is 13.5. The van der Waals surface area contributed by atoms with Gasteiger partial charge in [-0.25, -0.2) is 14.6 Å². The van der Waals surface area contributed by atoms with Gasteiger partial charge in [0.05, 0.1) is 6.04 Å². The largest absolute Gasteiger partial charge is 0.476 e. The first-order valence-electron chi connectivity index (χ1n) is 8.91. The quantitative estimate of drug-likeness (QED) is 0.497. The Balaban J connectivity index is 0.000000237. The van der Waals surface area contributed by atoms with Crippen molar-refractivity contribution in [2.24, 2.45) is 0 Å². The van der Waals surface area contributed by atoms with Crippen molar-refractivity contribution in [1.82, 2.24) is 9.88 Å². The molecule has 1 aliphatic rings. The molecule has 28 heavy (non-hydrogen) atoms. The predicted molar refractivity (Wildman–Crippen MR) is 112 cm³/mol. The zero-order valence-corrected chi connectivity index (χ0v) is 17.4. The Hall–Kier alpha value is -2.32. The lowest BCUT2D eigenvalue weighted by Gasteiger charge is -2.16. The van der Waals surface area contributed by atoms with Gasteiger partial charge in [-0.2, -0.15) is 0 Å². The van der Waals surface area contributed by atoms with Crippen molar-refractivity contribution in [1.29, 1.82) is 0 Å². The SMILES string of the molecule is C=CCCc1ccccc1.CC1COC(=O)N1CCSc1nc(C(=O)O)cs1. The van der Waals surface area contributed by atoms with Crippen molar-refractivity contribution in [2.45, 2.75) is 30.1 Å². The summed E-state index contributed by atoms with van der Waals surface area (Å²) in [5, 5.41) is 10.2. The fourth-order valence-corrected chi connectivity index (χ4v) is 4.23. The second-order valence-corrected chi connectivity index (χ2v) is 8.28. The number of cyclic esters (lactones) is 1. The summed E-state index contributed by atoms with van der Waals surface area (Å²) < 4.78 is 5.60. The third kappa shape index (κ3) is 7.01. The van der Waals surface area contributed by atoms with Crippen molar-refractivity contribution >= 4 is 35.2 Å². The Morgan fingerprint density at radius 1 is 1.46 bits per heavy atom. The molecule has 1 atom stereocenters. The number of aryl methyl sites for hydroxylation is 1. The maximum atomic E-state index is 11.3. The maximum Gasteiger partial charge on any atom is 0.410 e. The molecule has 1 aromatic carbocycles. The van der Waals surface area contributed by atoms with Gasteiger partial charge in [-0.05, 0) is 25.3 Å². The van der Waals surface area contributed by atoms with Gasteiger partial charge in [0.25, 0.3) is 0 Å². The van der Waals surface area contributed by atoms with E-state index < -0.39 is 5.97 Å². The molecule has 6 nitrogen and oxygen atoms in total. The summed E-state index contributed by atoms with van der Waals surface area (Å²) in [5.74, 6) is -0.346. The Bertz CT molecular complexity index is 780. The number of hydrogen-bond acceptors (Lipinski definition) is 6. The summed E-state index contributed by atoms with van der Waals surface area (Å²) in [5.41, 5.74) is 1.46. The van der Waals surface area contributed by atoms with E-state index in [-0.39, 0.29) is 17.8 Å². The van der Waals surface area contributed by atoms with E-state index in [0.717, 1.165) is 12.8 Å². The van der Waals surface area contributed by atoms with Crippen molar-refractivity contribution in [3.8, 4) is 0 Å². The number of allylic oxidation sites excluding steroid dienone is 1. The molecule has 1 amide bonds. The van der Waals surface area contributed by atoms with Crippen LogP contribution in [0.1, 0.15) is 29.4 Å². The minimum atomic E-state index is -1.02. The number of rotatable bonds is 8. The first-order valence-corrected chi connectivity index (χ1v) is 10.8. The number of nitrogens with zero attached hydrogens (tertiary/aromatic N) is 2. The topological polar surface area (TPSA) is 79.7 Å². The van der Waals surface area contributed by atoms with Crippen LogP contribution in [0.2, 0.25) is 0 Å². The lowest BCUT2D eigenvalue weighted by atomic mass is 10.1. The first kappa shape index (κ1) is 22.0. The smallest absolute Gasteiger partial charge is 0.410 e. The molecule has 1 aliphatic heterocycles. The van der Waals surface area contributed by atoms with Gasteiger partial charge in [0, 0.05) is 17.7 Å². The molecule has 3 rings (SSSR count).